The van der Waals surface area contributed by atoms with Gasteiger partial charge in [-0.2, -0.15) is 0 Å². The first-order valence-corrected chi connectivity index (χ1v) is 6.71. The van der Waals surface area contributed by atoms with E-state index in [9.17, 15) is 0 Å². The minimum absolute atomic E-state index is 0.134. The smallest absolute Gasteiger partial charge is 0.0560 e. The first kappa shape index (κ1) is 12.6. The molecule has 0 amide bonds. The zero-order chi connectivity index (χ0) is 12.3. The predicted molar refractivity (Wildman–Crippen MR) is 73.1 cm³/mol. The number of hydrogen-bond acceptors (Lipinski definition) is 2. The van der Waals surface area contributed by atoms with Gasteiger partial charge in [0.1, 0.15) is 0 Å². The molecule has 2 nitrogen and oxygen atoms in total. The van der Waals surface area contributed by atoms with Crippen LogP contribution in [0.1, 0.15) is 32.8 Å². The van der Waals surface area contributed by atoms with Gasteiger partial charge >= 0.3 is 0 Å². The van der Waals surface area contributed by atoms with Gasteiger partial charge in [0.05, 0.1) is 5.54 Å². The summed E-state index contributed by atoms with van der Waals surface area (Å²) in [4.78, 5) is 2.65. The highest BCUT2D eigenvalue weighted by atomic mass is 15.3. The number of piperazine rings is 1. The second-order valence-electron chi connectivity index (χ2n) is 5.27. The maximum atomic E-state index is 3.54. The molecule has 1 aliphatic heterocycles. The SMILES string of the molecule is CCC(C)N1CCNCC1(C)c1ccccc1. The van der Waals surface area contributed by atoms with Crippen LogP contribution in [-0.4, -0.2) is 30.6 Å². The number of nitrogens with zero attached hydrogens (tertiary/aromatic N) is 1. The molecule has 2 heteroatoms. The van der Waals surface area contributed by atoms with Crippen LogP contribution in [0.3, 0.4) is 0 Å². The molecule has 1 aromatic carbocycles. The maximum absolute atomic E-state index is 3.54. The number of nitrogens with one attached hydrogen (secondary N) is 1. The Balaban J connectivity index is 2.31. The fourth-order valence-corrected chi connectivity index (χ4v) is 2.87. The van der Waals surface area contributed by atoms with Crippen molar-refractivity contribution in [2.75, 3.05) is 19.6 Å². The van der Waals surface area contributed by atoms with E-state index in [4.69, 9.17) is 0 Å². The summed E-state index contributed by atoms with van der Waals surface area (Å²) in [7, 11) is 0. The van der Waals surface area contributed by atoms with Crippen LogP contribution >= 0.6 is 0 Å². The molecule has 17 heavy (non-hydrogen) atoms. The van der Waals surface area contributed by atoms with Crippen molar-refractivity contribution >= 4 is 0 Å². The summed E-state index contributed by atoms with van der Waals surface area (Å²) in [6, 6.07) is 11.5. The molecule has 1 fully saturated rings. The Morgan fingerprint density at radius 3 is 2.71 bits per heavy atom. The lowest BCUT2D eigenvalue weighted by Gasteiger charge is -2.48. The lowest BCUT2D eigenvalue weighted by molar-refractivity contribution is 0.0343. The molecule has 0 spiro atoms. The Labute approximate surface area is 105 Å². The third kappa shape index (κ3) is 2.38. The minimum Gasteiger partial charge on any atom is -0.313 e. The molecule has 1 saturated heterocycles. The summed E-state index contributed by atoms with van der Waals surface area (Å²) >= 11 is 0. The highest BCUT2D eigenvalue weighted by molar-refractivity contribution is 5.25. The summed E-state index contributed by atoms with van der Waals surface area (Å²) in [6.07, 6.45) is 1.21. The van der Waals surface area contributed by atoms with Crippen molar-refractivity contribution in [2.24, 2.45) is 0 Å². The van der Waals surface area contributed by atoms with Crippen molar-refractivity contribution in [3.8, 4) is 0 Å². The molecule has 2 atom stereocenters. The fraction of sp³-hybridized carbons (Fsp3) is 0.600. The van der Waals surface area contributed by atoms with Crippen LogP contribution in [0.2, 0.25) is 0 Å². The van der Waals surface area contributed by atoms with Crippen LogP contribution in [-0.2, 0) is 5.54 Å². The lowest BCUT2D eigenvalue weighted by atomic mass is 9.86. The van der Waals surface area contributed by atoms with E-state index >= 15 is 0 Å². The molecule has 1 aliphatic rings. The van der Waals surface area contributed by atoms with Crippen LogP contribution in [0.4, 0.5) is 0 Å². The van der Waals surface area contributed by atoms with E-state index in [1.54, 1.807) is 0 Å². The highest BCUT2D eigenvalue weighted by Gasteiger charge is 2.37. The van der Waals surface area contributed by atoms with Crippen LogP contribution in [0.25, 0.3) is 0 Å². The molecule has 2 unspecified atom stereocenters. The van der Waals surface area contributed by atoms with Gasteiger partial charge in [0.15, 0.2) is 0 Å². The molecule has 0 radical (unpaired) electrons. The van der Waals surface area contributed by atoms with E-state index in [1.807, 2.05) is 0 Å². The van der Waals surface area contributed by atoms with Gasteiger partial charge in [-0.25, -0.2) is 0 Å². The van der Waals surface area contributed by atoms with Crippen molar-refractivity contribution in [1.82, 2.24) is 10.2 Å². The predicted octanol–water partition coefficient (Wildman–Crippen LogP) is 2.61. The van der Waals surface area contributed by atoms with E-state index in [0.717, 1.165) is 19.6 Å². The zero-order valence-electron chi connectivity index (χ0n) is 11.2. The second-order valence-corrected chi connectivity index (χ2v) is 5.27. The number of rotatable bonds is 3. The quantitative estimate of drug-likeness (QED) is 0.862. The highest BCUT2D eigenvalue weighted by Crippen LogP contribution is 2.31. The standard InChI is InChI=1S/C15H24N2/c1-4-13(2)17-11-10-16-12-15(17,3)14-8-6-5-7-9-14/h5-9,13,16H,4,10-12H2,1-3H3. The average molecular weight is 232 g/mol. The minimum atomic E-state index is 0.134. The monoisotopic (exact) mass is 232 g/mol. The van der Waals surface area contributed by atoms with Crippen LogP contribution < -0.4 is 5.32 Å². The third-order valence-electron chi connectivity index (χ3n) is 4.15. The van der Waals surface area contributed by atoms with Crippen LogP contribution in [0.5, 0.6) is 0 Å². The van der Waals surface area contributed by atoms with Crippen molar-refractivity contribution in [1.29, 1.82) is 0 Å². The Bertz CT molecular complexity index is 349. The van der Waals surface area contributed by atoms with Crippen molar-refractivity contribution in [3.63, 3.8) is 0 Å². The van der Waals surface area contributed by atoms with E-state index in [1.165, 1.54) is 12.0 Å². The van der Waals surface area contributed by atoms with Gasteiger partial charge in [-0.1, -0.05) is 37.3 Å². The summed E-state index contributed by atoms with van der Waals surface area (Å²) in [6.45, 7) is 10.3. The van der Waals surface area contributed by atoms with Gasteiger partial charge < -0.3 is 5.32 Å². The molecule has 0 saturated carbocycles. The van der Waals surface area contributed by atoms with Crippen LogP contribution in [0.15, 0.2) is 30.3 Å². The van der Waals surface area contributed by atoms with Crippen molar-refractivity contribution < 1.29 is 0 Å². The van der Waals surface area contributed by atoms with Gasteiger partial charge in [0.2, 0.25) is 0 Å². The normalized spacial score (nSPS) is 27.9. The first-order valence-electron chi connectivity index (χ1n) is 6.71. The van der Waals surface area contributed by atoms with Gasteiger partial charge in [0, 0.05) is 25.7 Å². The molecule has 0 bridgehead atoms. The molecular weight excluding hydrogens is 208 g/mol. The molecular formula is C15H24N2. The zero-order valence-corrected chi connectivity index (χ0v) is 11.2. The Hall–Kier alpha value is -0.860. The molecule has 1 aromatic rings. The summed E-state index contributed by atoms with van der Waals surface area (Å²) in [5.41, 5.74) is 1.56. The van der Waals surface area contributed by atoms with Gasteiger partial charge in [-0.15, -0.1) is 0 Å². The maximum Gasteiger partial charge on any atom is 0.0560 e. The molecule has 1 heterocycles. The van der Waals surface area contributed by atoms with E-state index in [-0.39, 0.29) is 5.54 Å². The van der Waals surface area contributed by atoms with Crippen LogP contribution in [0, 0.1) is 0 Å². The fourth-order valence-electron chi connectivity index (χ4n) is 2.87. The number of hydrogen-bond donors (Lipinski definition) is 1. The molecule has 0 aliphatic carbocycles. The van der Waals surface area contributed by atoms with Gasteiger partial charge in [-0.05, 0) is 25.8 Å². The second kappa shape index (κ2) is 5.19. The first-order chi connectivity index (χ1) is 8.18. The topological polar surface area (TPSA) is 15.3 Å². The Morgan fingerprint density at radius 2 is 2.06 bits per heavy atom. The van der Waals surface area contributed by atoms with Crippen molar-refractivity contribution in [2.45, 2.75) is 38.8 Å². The van der Waals surface area contributed by atoms with E-state index in [0.29, 0.717) is 6.04 Å². The summed E-state index contributed by atoms with van der Waals surface area (Å²) < 4.78 is 0. The molecule has 2 rings (SSSR count). The lowest BCUT2D eigenvalue weighted by Crippen LogP contribution is -2.60. The third-order valence-corrected chi connectivity index (χ3v) is 4.15. The van der Waals surface area contributed by atoms with E-state index in [2.05, 4.69) is 61.3 Å². The molecule has 1 N–H and O–H groups in total. The van der Waals surface area contributed by atoms with Crippen molar-refractivity contribution in [3.05, 3.63) is 35.9 Å². The summed E-state index contributed by atoms with van der Waals surface area (Å²) in [5.74, 6) is 0. The average Bonchev–Trinajstić information content (AvgIpc) is 2.39. The molecule has 94 valence electrons. The van der Waals surface area contributed by atoms with Gasteiger partial charge in [-0.3, -0.25) is 4.90 Å². The Morgan fingerprint density at radius 1 is 1.35 bits per heavy atom. The number of benzene rings is 1. The van der Waals surface area contributed by atoms with Gasteiger partial charge in [0.25, 0.3) is 0 Å². The largest absolute Gasteiger partial charge is 0.313 e. The Kier molecular flexibility index (Phi) is 3.85. The summed E-state index contributed by atoms with van der Waals surface area (Å²) in [5, 5.41) is 3.54. The molecule has 0 aromatic heterocycles. The van der Waals surface area contributed by atoms with E-state index < -0.39 is 0 Å².